The first-order chi connectivity index (χ1) is 18.8. The summed E-state index contributed by atoms with van der Waals surface area (Å²) in [4.78, 5) is 34.3. The number of alkyl halides is 3. The van der Waals surface area contributed by atoms with Crippen LogP contribution < -0.4 is 0 Å². The van der Waals surface area contributed by atoms with Crippen LogP contribution in [-0.4, -0.2) is 71.6 Å². The van der Waals surface area contributed by atoms with E-state index in [0.29, 0.717) is 36.1 Å². The molecular weight excluding hydrogens is 530 g/mol. The minimum Gasteiger partial charge on any atom is -0.333 e. The van der Waals surface area contributed by atoms with Crippen LogP contribution >= 0.6 is 0 Å². The number of fused-ring (bicyclic) bond motifs is 1. The predicted molar refractivity (Wildman–Crippen MR) is 137 cm³/mol. The molecule has 13 heteroatoms. The van der Waals surface area contributed by atoms with E-state index in [1.807, 2.05) is 27.7 Å². The van der Waals surface area contributed by atoms with Crippen LogP contribution in [-0.2, 0) is 6.18 Å². The van der Waals surface area contributed by atoms with E-state index in [9.17, 15) is 27.2 Å². The second-order valence-electron chi connectivity index (χ2n) is 10.7. The van der Waals surface area contributed by atoms with Gasteiger partial charge in [-0.25, -0.2) is 13.9 Å². The molecule has 1 N–H and O–H groups in total. The zero-order chi connectivity index (χ0) is 29.0. The molecule has 1 saturated heterocycles. The highest BCUT2D eigenvalue weighted by molar-refractivity contribution is 5.95. The van der Waals surface area contributed by atoms with Crippen LogP contribution in [0.25, 0.3) is 16.9 Å². The summed E-state index contributed by atoms with van der Waals surface area (Å²) in [7, 11) is 0. The molecule has 4 heterocycles. The van der Waals surface area contributed by atoms with Crippen molar-refractivity contribution in [3.8, 4) is 11.3 Å². The predicted octanol–water partition coefficient (Wildman–Crippen LogP) is 4.78. The maximum Gasteiger partial charge on any atom is 0.419 e. The topological polar surface area (TPSA) is 99.5 Å². The summed E-state index contributed by atoms with van der Waals surface area (Å²) >= 11 is 0. The SMILES string of the molecule is CC(C)c1cc(-c2ccc(C(F)(F)F)c(F)c2)nn2cc(C(=O)N3CCN(C(=O)c4ccn[nH]4)CC3(C)C)nc12. The lowest BCUT2D eigenvalue weighted by molar-refractivity contribution is -0.139. The molecule has 0 unspecified atom stereocenters. The van der Waals surface area contributed by atoms with Crippen LogP contribution in [0.15, 0.2) is 42.7 Å². The molecule has 40 heavy (non-hydrogen) atoms. The maximum absolute atomic E-state index is 14.3. The summed E-state index contributed by atoms with van der Waals surface area (Å²) in [6, 6.07) is 5.90. The van der Waals surface area contributed by atoms with Gasteiger partial charge in [-0.15, -0.1) is 0 Å². The number of hydrogen-bond donors (Lipinski definition) is 1. The zero-order valence-electron chi connectivity index (χ0n) is 22.3. The van der Waals surface area contributed by atoms with E-state index in [4.69, 9.17) is 0 Å². The molecule has 1 aliphatic heterocycles. The highest BCUT2D eigenvalue weighted by Crippen LogP contribution is 2.34. The lowest BCUT2D eigenvalue weighted by atomic mass is 9.98. The van der Waals surface area contributed by atoms with Crippen LogP contribution in [0.4, 0.5) is 17.6 Å². The van der Waals surface area contributed by atoms with E-state index in [0.717, 1.165) is 6.07 Å². The molecule has 0 spiro atoms. The molecule has 9 nitrogen and oxygen atoms in total. The lowest BCUT2D eigenvalue weighted by Crippen LogP contribution is -2.62. The van der Waals surface area contributed by atoms with E-state index < -0.39 is 23.1 Å². The summed E-state index contributed by atoms with van der Waals surface area (Å²) in [5.41, 5.74) is -0.0530. The zero-order valence-corrected chi connectivity index (χ0v) is 22.3. The Kier molecular flexibility index (Phi) is 6.63. The molecule has 1 fully saturated rings. The number of carbonyl (C=O) groups is 2. The highest BCUT2D eigenvalue weighted by atomic mass is 19.4. The van der Waals surface area contributed by atoms with Crippen LogP contribution in [0.5, 0.6) is 0 Å². The quantitative estimate of drug-likeness (QED) is 0.364. The van der Waals surface area contributed by atoms with E-state index in [1.165, 1.54) is 23.0 Å². The summed E-state index contributed by atoms with van der Waals surface area (Å²) in [6.07, 6.45) is -1.85. The van der Waals surface area contributed by atoms with Gasteiger partial charge in [0.15, 0.2) is 5.65 Å². The summed E-state index contributed by atoms with van der Waals surface area (Å²) in [5, 5.41) is 10.9. The Bertz CT molecular complexity index is 1590. The van der Waals surface area contributed by atoms with Crippen LogP contribution in [0, 0.1) is 5.82 Å². The Balaban J connectivity index is 1.46. The smallest absolute Gasteiger partial charge is 0.333 e. The second kappa shape index (κ2) is 9.72. The van der Waals surface area contributed by atoms with Crippen LogP contribution in [0.3, 0.4) is 0 Å². The number of piperazine rings is 1. The van der Waals surface area contributed by atoms with Crippen molar-refractivity contribution in [2.75, 3.05) is 19.6 Å². The number of carbonyl (C=O) groups excluding carboxylic acids is 2. The van der Waals surface area contributed by atoms with Gasteiger partial charge in [0.05, 0.1) is 23.0 Å². The highest BCUT2D eigenvalue weighted by Gasteiger charge is 2.40. The number of hydrogen-bond acceptors (Lipinski definition) is 5. The second-order valence-corrected chi connectivity index (χ2v) is 10.7. The van der Waals surface area contributed by atoms with Crippen molar-refractivity contribution in [1.29, 1.82) is 0 Å². The minimum absolute atomic E-state index is 0.0811. The van der Waals surface area contributed by atoms with Gasteiger partial charge in [0.2, 0.25) is 0 Å². The first-order valence-electron chi connectivity index (χ1n) is 12.6. The van der Waals surface area contributed by atoms with Crippen molar-refractivity contribution in [2.24, 2.45) is 0 Å². The summed E-state index contributed by atoms with van der Waals surface area (Å²) < 4.78 is 54.8. The van der Waals surface area contributed by atoms with Gasteiger partial charge in [0, 0.05) is 37.0 Å². The normalized spacial score (nSPS) is 15.7. The van der Waals surface area contributed by atoms with Gasteiger partial charge in [0.1, 0.15) is 17.2 Å². The number of aromatic amines is 1. The van der Waals surface area contributed by atoms with Gasteiger partial charge >= 0.3 is 6.18 Å². The minimum atomic E-state index is -4.81. The first-order valence-corrected chi connectivity index (χ1v) is 12.6. The lowest BCUT2D eigenvalue weighted by Gasteiger charge is -2.46. The van der Waals surface area contributed by atoms with Crippen LogP contribution in [0.1, 0.15) is 65.7 Å². The van der Waals surface area contributed by atoms with Crippen LogP contribution in [0.2, 0.25) is 0 Å². The van der Waals surface area contributed by atoms with E-state index in [2.05, 4.69) is 20.3 Å². The molecule has 0 radical (unpaired) electrons. The van der Waals surface area contributed by atoms with E-state index in [1.54, 1.807) is 21.9 Å². The fraction of sp³-hybridized carbons (Fsp3) is 0.370. The number of H-pyrrole nitrogens is 1. The van der Waals surface area contributed by atoms with Crippen molar-refractivity contribution in [3.63, 3.8) is 0 Å². The van der Waals surface area contributed by atoms with Crippen molar-refractivity contribution in [1.82, 2.24) is 34.6 Å². The number of aromatic nitrogens is 5. The van der Waals surface area contributed by atoms with Crippen molar-refractivity contribution in [3.05, 3.63) is 71.1 Å². The Morgan fingerprint density at radius 1 is 1.07 bits per heavy atom. The Hall–Kier alpha value is -4.29. The van der Waals surface area contributed by atoms with E-state index in [-0.39, 0.29) is 41.2 Å². The first kappa shape index (κ1) is 27.3. The summed E-state index contributed by atoms with van der Waals surface area (Å²) in [5.74, 6) is -2.03. The van der Waals surface area contributed by atoms with Gasteiger partial charge in [-0.2, -0.15) is 23.4 Å². The average Bonchev–Trinajstić information content (AvgIpc) is 3.56. The molecule has 1 aliphatic rings. The average molecular weight is 558 g/mol. The monoisotopic (exact) mass is 557 g/mol. The number of nitrogens with zero attached hydrogens (tertiary/aromatic N) is 6. The van der Waals surface area contributed by atoms with Gasteiger partial charge in [-0.3, -0.25) is 14.7 Å². The number of amides is 2. The molecule has 1 aromatic carbocycles. The Labute approximate surface area is 226 Å². The summed E-state index contributed by atoms with van der Waals surface area (Å²) in [6.45, 7) is 8.43. The number of imidazole rings is 1. The molecule has 5 rings (SSSR count). The van der Waals surface area contributed by atoms with Gasteiger partial charge in [-0.05, 0) is 44.0 Å². The number of benzene rings is 1. The Morgan fingerprint density at radius 2 is 1.82 bits per heavy atom. The molecule has 3 aromatic heterocycles. The van der Waals surface area contributed by atoms with Crippen molar-refractivity contribution < 1.29 is 27.2 Å². The Morgan fingerprint density at radius 3 is 2.42 bits per heavy atom. The van der Waals surface area contributed by atoms with Gasteiger partial charge < -0.3 is 9.80 Å². The molecule has 0 atom stereocenters. The number of nitrogens with one attached hydrogen (secondary N) is 1. The molecule has 0 bridgehead atoms. The standard InChI is InChI=1S/C27H27F4N7O2/c1-15(2)17-12-21(16-5-6-18(19(28)11-16)27(29,30)31)35-38-13-22(33-23(17)38)25(40)37-10-9-36(14-26(37,3)4)24(39)20-7-8-32-34-20/h5-8,11-13,15H,9-10,14H2,1-4H3,(H,32,34). The molecule has 0 saturated carbocycles. The number of rotatable bonds is 4. The maximum atomic E-state index is 14.3. The third-order valence-corrected chi connectivity index (χ3v) is 7.03. The molecule has 4 aromatic rings. The van der Waals surface area contributed by atoms with Crippen molar-refractivity contribution in [2.45, 2.75) is 45.3 Å². The number of halogens is 4. The third kappa shape index (κ3) is 4.91. The fourth-order valence-electron chi connectivity index (χ4n) is 4.96. The molecule has 2 amide bonds. The van der Waals surface area contributed by atoms with Gasteiger partial charge in [0.25, 0.3) is 11.8 Å². The molecular formula is C27H27F4N7O2. The molecule has 210 valence electrons. The van der Waals surface area contributed by atoms with Gasteiger partial charge in [-0.1, -0.05) is 19.9 Å². The van der Waals surface area contributed by atoms with E-state index >= 15 is 0 Å². The molecule has 0 aliphatic carbocycles. The fourth-order valence-corrected chi connectivity index (χ4v) is 4.96. The third-order valence-electron chi connectivity index (χ3n) is 7.03. The largest absolute Gasteiger partial charge is 0.419 e. The van der Waals surface area contributed by atoms with Crippen molar-refractivity contribution >= 4 is 17.5 Å².